The van der Waals surface area contributed by atoms with E-state index in [2.05, 4.69) is 15.6 Å². The minimum Gasteiger partial charge on any atom is -0.355 e. The van der Waals surface area contributed by atoms with Crippen molar-refractivity contribution in [3.63, 3.8) is 0 Å². The summed E-state index contributed by atoms with van der Waals surface area (Å²) in [7, 11) is 0. The second-order valence-electron chi connectivity index (χ2n) is 5.37. The molecule has 3 rings (SSSR count). The van der Waals surface area contributed by atoms with E-state index in [4.69, 9.17) is 0 Å². The molecule has 0 radical (unpaired) electrons. The monoisotopic (exact) mass is 319 g/mol. The van der Waals surface area contributed by atoms with Gasteiger partial charge in [-0.05, 0) is 43.5 Å². The zero-order valence-electron chi connectivity index (χ0n) is 12.1. The van der Waals surface area contributed by atoms with E-state index in [9.17, 15) is 9.18 Å². The Kier molecular flexibility index (Phi) is 4.80. The first-order valence-corrected chi connectivity index (χ1v) is 8.32. The fraction of sp³-hybridized carbons (Fsp3) is 0.375. The van der Waals surface area contributed by atoms with Crippen LogP contribution in [0.3, 0.4) is 0 Å². The number of hydrogen-bond acceptors (Lipinski definition) is 4. The molecule has 1 aliphatic rings. The summed E-state index contributed by atoms with van der Waals surface area (Å²) < 4.78 is 12.9. The van der Waals surface area contributed by atoms with E-state index >= 15 is 0 Å². The number of nitrogens with zero attached hydrogens (tertiary/aromatic N) is 1. The van der Waals surface area contributed by atoms with E-state index in [1.54, 1.807) is 12.1 Å². The van der Waals surface area contributed by atoms with Gasteiger partial charge in [0.05, 0.1) is 11.7 Å². The van der Waals surface area contributed by atoms with Crippen molar-refractivity contribution in [1.82, 2.24) is 15.6 Å². The number of amides is 1. The lowest BCUT2D eigenvalue weighted by Crippen LogP contribution is -2.42. The summed E-state index contributed by atoms with van der Waals surface area (Å²) in [4.78, 5) is 16.4. The Morgan fingerprint density at radius 3 is 2.95 bits per heavy atom. The van der Waals surface area contributed by atoms with Gasteiger partial charge in [-0.3, -0.25) is 4.79 Å². The molecule has 0 saturated carbocycles. The van der Waals surface area contributed by atoms with Crippen LogP contribution in [0.25, 0.3) is 10.6 Å². The van der Waals surface area contributed by atoms with E-state index in [1.165, 1.54) is 23.5 Å². The van der Waals surface area contributed by atoms with Crippen molar-refractivity contribution in [1.29, 1.82) is 0 Å². The van der Waals surface area contributed by atoms with E-state index in [0.717, 1.165) is 42.1 Å². The molecular weight excluding hydrogens is 301 g/mol. The van der Waals surface area contributed by atoms with Crippen LogP contribution in [0.4, 0.5) is 4.39 Å². The molecule has 0 bridgehead atoms. The van der Waals surface area contributed by atoms with E-state index < -0.39 is 0 Å². The van der Waals surface area contributed by atoms with Gasteiger partial charge in [-0.2, -0.15) is 0 Å². The summed E-state index contributed by atoms with van der Waals surface area (Å²) in [5.41, 5.74) is 1.81. The molecule has 2 heterocycles. The maximum atomic E-state index is 12.9. The molecule has 1 amide bonds. The van der Waals surface area contributed by atoms with Crippen molar-refractivity contribution in [3.8, 4) is 10.6 Å². The second kappa shape index (κ2) is 6.98. The predicted octanol–water partition coefficient (Wildman–Crippen LogP) is 2.71. The summed E-state index contributed by atoms with van der Waals surface area (Å²) >= 11 is 1.53. The van der Waals surface area contributed by atoms with Gasteiger partial charge in [0.1, 0.15) is 10.8 Å². The number of halogens is 1. The molecule has 1 atom stereocenters. The lowest BCUT2D eigenvalue weighted by Gasteiger charge is -2.13. The average Bonchev–Trinajstić information content (AvgIpc) is 2.90. The largest absolute Gasteiger partial charge is 0.355 e. The Morgan fingerprint density at radius 1 is 1.32 bits per heavy atom. The molecule has 1 saturated heterocycles. The summed E-state index contributed by atoms with van der Waals surface area (Å²) in [6, 6.07) is 6.18. The number of nitrogens with one attached hydrogen (secondary N) is 2. The first kappa shape index (κ1) is 15.1. The van der Waals surface area contributed by atoms with Crippen molar-refractivity contribution >= 4 is 17.2 Å². The summed E-state index contributed by atoms with van der Waals surface area (Å²) in [5.74, 6) is -0.173. The molecule has 2 N–H and O–H groups in total. The highest BCUT2D eigenvalue weighted by molar-refractivity contribution is 7.13. The van der Waals surface area contributed by atoms with Gasteiger partial charge in [-0.15, -0.1) is 11.3 Å². The van der Waals surface area contributed by atoms with Gasteiger partial charge in [0.25, 0.3) is 0 Å². The minimum absolute atomic E-state index is 0.0755. The minimum atomic E-state index is -0.249. The molecular formula is C16H18FN3OS. The van der Waals surface area contributed by atoms with Gasteiger partial charge >= 0.3 is 0 Å². The zero-order chi connectivity index (χ0) is 15.4. The van der Waals surface area contributed by atoms with Gasteiger partial charge in [0, 0.05) is 24.0 Å². The maximum absolute atomic E-state index is 12.9. The number of thiazole rings is 1. The highest BCUT2D eigenvalue weighted by atomic mass is 32.1. The highest BCUT2D eigenvalue weighted by Gasteiger charge is 2.20. The summed E-state index contributed by atoms with van der Waals surface area (Å²) in [5, 5.41) is 9.02. The Morgan fingerprint density at radius 2 is 2.14 bits per heavy atom. The maximum Gasteiger partial charge on any atom is 0.237 e. The van der Waals surface area contributed by atoms with Crippen LogP contribution in [-0.2, 0) is 11.3 Å². The zero-order valence-corrected chi connectivity index (χ0v) is 13.0. The van der Waals surface area contributed by atoms with Crippen molar-refractivity contribution in [2.45, 2.75) is 31.8 Å². The lowest BCUT2D eigenvalue weighted by atomic mass is 10.1. The number of aromatic nitrogens is 1. The molecule has 116 valence electrons. The van der Waals surface area contributed by atoms with Crippen LogP contribution in [0.2, 0.25) is 0 Å². The molecule has 22 heavy (non-hydrogen) atoms. The van der Waals surface area contributed by atoms with Crippen LogP contribution in [0.15, 0.2) is 29.6 Å². The van der Waals surface area contributed by atoms with Crippen LogP contribution in [-0.4, -0.2) is 23.5 Å². The SMILES string of the molecule is O=C1NCCCCC1NCc1csc(-c2ccc(F)cc2)n1. The normalized spacial score (nSPS) is 18.8. The molecule has 1 aromatic heterocycles. The van der Waals surface area contributed by atoms with E-state index in [1.807, 2.05) is 5.38 Å². The second-order valence-corrected chi connectivity index (χ2v) is 6.23. The molecule has 1 aliphatic heterocycles. The average molecular weight is 319 g/mol. The van der Waals surface area contributed by atoms with Gasteiger partial charge in [-0.1, -0.05) is 0 Å². The number of carbonyl (C=O) groups is 1. The topological polar surface area (TPSA) is 54.0 Å². The molecule has 1 fully saturated rings. The Bertz CT molecular complexity index is 641. The summed E-state index contributed by atoms with van der Waals surface area (Å²) in [6.07, 6.45) is 2.95. The summed E-state index contributed by atoms with van der Waals surface area (Å²) in [6.45, 7) is 1.33. The third kappa shape index (κ3) is 3.69. The third-order valence-electron chi connectivity index (χ3n) is 3.71. The standard InChI is InChI=1S/C16H18FN3OS/c17-12-6-4-11(5-7-12)16-20-13(10-22-16)9-19-14-3-1-2-8-18-15(14)21/h4-7,10,14,19H,1-3,8-9H2,(H,18,21). The van der Waals surface area contributed by atoms with E-state index in [0.29, 0.717) is 6.54 Å². The van der Waals surface area contributed by atoms with Gasteiger partial charge in [-0.25, -0.2) is 9.37 Å². The van der Waals surface area contributed by atoms with Crippen LogP contribution in [0, 0.1) is 5.82 Å². The smallest absolute Gasteiger partial charge is 0.237 e. The van der Waals surface area contributed by atoms with E-state index in [-0.39, 0.29) is 17.8 Å². The predicted molar refractivity (Wildman–Crippen MR) is 85.0 cm³/mol. The van der Waals surface area contributed by atoms with Crippen LogP contribution < -0.4 is 10.6 Å². The highest BCUT2D eigenvalue weighted by Crippen LogP contribution is 2.23. The van der Waals surface area contributed by atoms with Crippen molar-refractivity contribution in [3.05, 3.63) is 41.2 Å². The molecule has 0 aliphatic carbocycles. The Hall–Kier alpha value is -1.79. The van der Waals surface area contributed by atoms with Crippen LogP contribution in [0.5, 0.6) is 0 Å². The fourth-order valence-electron chi connectivity index (χ4n) is 2.48. The van der Waals surface area contributed by atoms with Crippen molar-refractivity contribution in [2.24, 2.45) is 0 Å². The van der Waals surface area contributed by atoms with Crippen LogP contribution in [0.1, 0.15) is 25.0 Å². The van der Waals surface area contributed by atoms with Gasteiger partial charge in [0.15, 0.2) is 0 Å². The number of benzene rings is 1. The fourth-order valence-corrected chi connectivity index (χ4v) is 3.30. The Labute approximate surface area is 132 Å². The van der Waals surface area contributed by atoms with Crippen molar-refractivity contribution in [2.75, 3.05) is 6.54 Å². The molecule has 4 nitrogen and oxygen atoms in total. The van der Waals surface area contributed by atoms with Gasteiger partial charge < -0.3 is 10.6 Å². The first-order valence-electron chi connectivity index (χ1n) is 7.44. The Balaban J connectivity index is 1.62. The molecule has 2 aromatic rings. The molecule has 1 aromatic carbocycles. The first-order chi connectivity index (χ1) is 10.7. The third-order valence-corrected chi connectivity index (χ3v) is 4.65. The van der Waals surface area contributed by atoms with Crippen LogP contribution >= 0.6 is 11.3 Å². The number of carbonyl (C=O) groups excluding carboxylic acids is 1. The number of rotatable bonds is 4. The molecule has 1 unspecified atom stereocenters. The lowest BCUT2D eigenvalue weighted by molar-refractivity contribution is -0.122. The molecule has 6 heteroatoms. The molecule has 0 spiro atoms. The van der Waals surface area contributed by atoms with Crippen molar-refractivity contribution < 1.29 is 9.18 Å². The van der Waals surface area contributed by atoms with Gasteiger partial charge in [0.2, 0.25) is 5.91 Å². The number of hydrogen-bond donors (Lipinski definition) is 2. The quantitative estimate of drug-likeness (QED) is 0.911.